The van der Waals surface area contributed by atoms with Crippen molar-refractivity contribution in [2.45, 2.75) is 26.8 Å². The minimum Gasteiger partial charge on any atom is -0.463 e. The van der Waals surface area contributed by atoms with Gasteiger partial charge in [0.15, 0.2) is 4.80 Å². The first kappa shape index (κ1) is 25.1. The van der Waals surface area contributed by atoms with E-state index in [-0.39, 0.29) is 22.8 Å². The van der Waals surface area contributed by atoms with Crippen molar-refractivity contribution in [1.82, 2.24) is 4.57 Å². The van der Waals surface area contributed by atoms with Crippen LogP contribution in [-0.4, -0.2) is 27.3 Å². The molecule has 5 rings (SSSR count). The molecular weight excluding hydrogens is 506 g/mol. The van der Waals surface area contributed by atoms with Crippen molar-refractivity contribution in [2.24, 2.45) is 4.99 Å². The number of carbonyl (C=O) groups is 1. The molecule has 2 aromatic carbocycles. The van der Waals surface area contributed by atoms with Gasteiger partial charge in [0.25, 0.3) is 10.5 Å². The van der Waals surface area contributed by atoms with E-state index in [2.05, 4.69) is 4.99 Å². The molecule has 192 valence electrons. The summed E-state index contributed by atoms with van der Waals surface area (Å²) in [6.45, 7) is 5.49. The van der Waals surface area contributed by atoms with E-state index in [4.69, 9.17) is 14.4 Å². The van der Waals surface area contributed by atoms with Crippen LogP contribution in [0.15, 0.2) is 86.1 Å². The van der Waals surface area contributed by atoms with E-state index < -0.39 is 12.0 Å². The molecule has 10 heteroatoms. The average Bonchev–Trinajstić information content (AvgIpc) is 3.48. The van der Waals surface area contributed by atoms with Gasteiger partial charge < -0.3 is 9.15 Å². The maximum Gasteiger partial charge on any atom is 0.338 e. The molecule has 0 amide bonds. The van der Waals surface area contributed by atoms with Gasteiger partial charge in [0.2, 0.25) is 0 Å². The lowest BCUT2D eigenvalue weighted by molar-refractivity contribution is -0.729. The van der Waals surface area contributed by atoms with Gasteiger partial charge >= 0.3 is 11.7 Å². The van der Waals surface area contributed by atoms with Gasteiger partial charge in [-0.25, -0.2) is 15.0 Å². The zero-order chi connectivity index (χ0) is 27.0. The Bertz CT molecular complexity index is 1780. The number of fused-ring (bicyclic) bond motifs is 1. The highest BCUT2D eigenvalue weighted by molar-refractivity contribution is 7.07. The third-order valence-electron chi connectivity index (χ3n) is 6.23. The Kier molecular flexibility index (Phi) is 6.64. The van der Waals surface area contributed by atoms with Crippen LogP contribution in [0, 0.1) is 11.8 Å². The number of aryl methyl sites for hydroxylation is 1. The number of thiazole rings is 1. The fourth-order valence-corrected chi connectivity index (χ4v) is 5.52. The molecule has 9 nitrogen and oxygen atoms in total. The van der Waals surface area contributed by atoms with Gasteiger partial charge in [-0.15, -0.1) is 0 Å². The lowest BCUT2D eigenvalue weighted by Crippen LogP contribution is -2.39. The predicted octanol–water partition coefficient (Wildman–Crippen LogP) is 4.17. The summed E-state index contributed by atoms with van der Waals surface area (Å²) in [5.74, 6) is 0.500. The van der Waals surface area contributed by atoms with Gasteiger partial charge in [-0.05, 0) is 50.1 Å². The smallest absolute Gasteiger partial charge is 0.338 e. The Hall–Kier alpha value is -4.57. The maximum absolute atomic E-state index is 13.7. The van der Waals surface area contributed by atoms with Crippen LogP contribution in [0.3, 0.4) is 0 Å². The molecule has 0 aliphatic carbocycles. The van der Waals surface area contributed by atoms with Crippen molar-refractivity contribution in [1.29, 1.82) is 0 Å². The van der Waals surface area contributed by atoms with Gasteiger partial charge in [0.05, 0.1) is 33.4 Å². The Labute approximate surface area is 220 Å². The Morgan fingerprint density at radius 2 is 1.95 bits per heavy atom. The number of carbonyl (C=O) groups excluding carboxylic acids is 1. The van der Waals surface area contributed by atoms with Crippen molar-refractivity contribution in [3.05, 3.63) is 113 Å². The largest absolute Gasteiger partial charge is 0.463 e. The number of furan rings is 1. The SMILES string of the molecule is CCOC(=O)C1=C(C)N=c2s/c(=C\c3ccc(-c4ccc([N+](=O)O)cc4C)o3)c(=O)n2C1c1ccccc1. The van der Waals surface area contributed by atoms with Gasteiger partial charge in [-0.3, -0.25) is 9.36 Å². The number of hydrogen-bond donors (Lipinski definition) is 1. The molecule has 0 saturated carbocycles. The molecule has 2 aromatic heterocycles. The number of aromatic nitrogens is 1. The van der Waals surface area contributed by atoms with Crippen LogP contribution < -0.4 is 14.9 Å². The fourth-order valence-electron chi connectivity index (χ4n) is 4.49. The van der Waals surface area contributed by atoms with E-state index in [0.29, 0.717) is 32.1 Å². The first-order valence-electron chi connectivity index (χ1n) is 11.9. The van der Waals surface area contributed by atoms with Crippen molar-refractivity contribution in [3.8, 4) is 11.3 Å². The molecule has 1 aliphatic heterocycles. The fraction of sp³-hybridized carbons (Fsp3) is 0.179. The summed E-state index contributed by atoms with van der Waals surface area (Å²) in [4.78, 5) is 42.6. The molecule has 0 saturated heterocycles. The van der Waals surface area contributed by atoms with Crippen LogP contribution in [0.5, 0.6) is 0 Å². The molecule has 0 bridgehead atoms. The molecule has 38 heavy (non-hydrogen) atoms. The molecule has 0 spiro atoms. The highest BCUT2D eigenvalue weighted by atomic mass is 32.1. The minimum atomic E-state index is -0.672. The van der Waals surface area contributed by atoms with E-state index in [1.54, 1.807) is 51.1 Å². The first-order valence-corrected chi connectivity index (χ1v) is 12.7. The van der Waals surface area contributed by atoms with Crippen LogP contribution in [0.1, 0.15) is 36.8 Å². The number of esters is 1. The van der Waals surface area contributed by atoms with Crippen LogP contribution in [-0.2, 0) is 9.53 Å². The number of ether oxygens (including phenoxy) is 1. The number of allylic oxidation sites excluding steroid dienone is 1. The molecule has 1 atom stereocenters. The number of benzene rings is 2. The van der Waals surface area contributed by atoms with Gasteiger partial charge in [-0.1, -0.05) is 41.7 Å². The second-order valence-electron chi connectivity index (χ2n) is 8.69. The summed E-state index contributed by atoms with van der Waals surface area (Å²) < 4.78 is 13.2. The summed E-state index contributed by atoms with van der Waals surface area (Å²) in [5, 5.41) is 9.14. The number of nitrogens with zero attached hydrogens (tertiary/aromatic N) is 3. The zero-order valence-corrected chi connectivity index (χ0v) is 21.7. The van der Waals surface area contributed by atoms with E-state index in [0.717, 1.165) is 16.7 Å². The second kappa shape index (κ2) is 10.1. The van der Waals surface area contributed by atoms with E-state index in [1.807, 2.05) is 30.3 Å². The molecule has 3 heterocycles. The lowest BCUT2D eigenvalue weighted by Gasteiger charge is -2.24. The molecule has 0 fully saturated rings. The van der Waals surface area contributed by atoms with Crippen molar-refractivity contribution in [2.75, 3.05) is 6.61 Å². The monoisotopic (exact) mass is 530 g/mol. The van der Waals surface area contributed by atoms with Crippen LogP contribution in [0.4, 0.5) is 5.69 Å². The standard InChI is InChI=1S/C28H24N3O6S/c1-4-36-27(33)24-17(3)29-28-30(25(24)18-8-6-5-7-9-18)26(32)23(38-28)15-20-11-13-22(37-20)21-12-10-19(31(34)35)14-16(21)2/h5-15,25H,4H2,1-3H3,(H,34,35)/q+1/b23-15-. The zero-order valence-electron chi connectivity index (χ0n) is 20.9. The van der Waals surface area contributed by atoms with E-state index in [9.17, 15) is 14.5 Å². The molecular formula is C28H24N3O6S+. The quantitative estimate of drug-likeness (QED) is 0.296. The highest BCUT2D eigenvalue weighted by Crippen LogP contribution is 2.31. The topological polar surface area (TPSA) is 114 Å². The average molecular weight is 531 g/mol. The third kappa shape index (κ3) is 4.50. The predicted molar refractivity (Wildman–Crippen MR) is 141 cm³/mol. The molecule has 0 radical (unpaired) electrons. The molecule has 1 unspecified atom stereocenters. The summed E-state index contributed by atoms with van der Waals surface area (Å²) in [6.07, 6.45) is 1.65. The first-order chi connectivity index (χ1) is 18.3. The van der Waals surface area contributed by atoms with E-state index >= 15 is 0 Å². The van der Waals surface area contributed by atoms with Gasteiger partial charge in [0, 0.05) is 23.8 Å². The number of hydrogen-bond acceptors (Lipinski definition) is 7. The Morgan fingerprint density at radius 3 is 2.63 bits per heavy atom. The molecule has 4 aromatic rings. The summed E-state index contributed by atoms with van der Waals surface area (Å²) >= 11 is 1.21. The normalized spacial score (nSPS) is 15.2. The summed E-state index contributed by atoms with van der Waals surface area (Å²) in [6, 6.07) is 16.9. The van der Waals surface area contributed by atoms with Gasteiger partial charge in [0.1, 0.15) is 11.5 Å². The molecule has 1 aliphatic rings. The lowest BCUT2D eigenvalue weighted by atomic mass is 9.96. The third-order valence-corrected chi connectivity index (χ3v) is 7.21. The maximum atomic E-state index is 13.7. The van der Waals surface area contributed by atoms with Crippen molar-refractivity contribution < 1.29 is 24.1 Å². The van der Waals surface area contributed by atoms with Crippen molar-refractivity contribution >= 4 is 29.1 Å². The van der Waals surface area contributed by atoms with Crippen molar-refractivity contribution in [3.63, 3.8) is 0 Å². The number of rotatable bonds is 6. The van der Waals surface area contributed by atoms with E-state index in [1.165, 1.54) is 22.0 Å². The minimum absolute atomic E-state index is 0.115. The van der Waals surface area contributed by atoms with Crippen LogP contribution in [0.2, 0.25) is 0 Å². The van der Waals surface area contributed by atoms with Gasteiger partial charge in [-0.2, -0.15) is 0 Å². The Morgan fingerprint density at radius 1 is 1.18 bits per heavy atom. The van der Waals surface area contributed by atoms with Crippen LogP contribution >= 0.6 is 11.3 Å². The Balaban J connectivity index is 1.60. The summed E-state index contributed by atoms with van der Waals surface area (Å²) in [7, 11) is 0. The van der Waals surface area contributed by atoms with Crippen LogP contribution in [0.25, 0.3) is 17.4 Å². The summed E-state index contributed by atoms with van der Waals surface area (Å²) in [5.41, 5.74) is 2.91. The highest BCUT2D eigenvalue weighted by Gasteiger charge is 2.33. The second-order valence-corrected chi connectivity index (χ2v) is 9.70. The molecule has 1 N–H and O–H groups in total.